The highest BCUT2D eigenvalue weighted by molar-refractivity contribution is 7.89. The normalized spacial score (nSPS) is 15.1. The lowest BCUT2D eigenvalue weighted by molar-refractivity contribution is 0.0730. The van der Waals surface area contributed by atoms with Gasteiger partial charge in [-0.05, 0) is 35.9 Å². The van der Waals surface area contributed by atoms with E-state index in [-0.39, 0.29) is 41.5 Å². The maximum atomic E-state index is 13.0. The summed E-state index contributed by atoms with van der Waals surface area (Å²) >= 11 is 0. The molecule has 1 heterocycles. The average molecular weight is 478 g/mol. The van der Waals surface area contributed by atoms with E-state index < -0.39 is 26.0 Å². The molecule has 0 radical (unpaired) electrons. The van der Waals surface area contributed by atoms with Crippen molar-refractivity contribution in [1.29, 1.82) is 0 Å². The monoisotopic (exact) mass is 477 g/mol. The minimum atomic E-state index is -3.76. The smallest absolute Gasteiger partial charge is 0.251 e. The first-order chi connectivity index (χ1) is 15.3. The number of carbonyl (C=O) groups is 1. The Morgan fingerprint density at radius 3 is 2.34 bits per heavy atom. The molecule has 0 spiro atoms. The predicted octanol–water partition coefficient (Wildman–Crippen LogP) is 0.549. The Kier molecular flexibility index (Phi) is 7.65. The molecule has 1 fully saturated rings. The van der Waals surface area contributed by atoms with Crippen molar-refractivity contribution < 1.29 is 26.4 Å². The van der Waals surface area contributed by atoms with E-state index in [0.29, 0.717) is 18.8 Å². The Morgan fingerprint density at radius 1 is 1.03 bits per heavy atom. The maximum absolute atomic E-state index is 13.0. The van der Waals surface area contributed by atoms with Crippen LogP contribution in [0.3, 0.4) is 0 Å². The number of sulfonamides is 2. The van der Waals surface area contributed by atoms with Crippen LogP contribution in [0, 0.1) is 12.3 Å². The minimum Gasteiger partial charge on any atom is -0.379 e. The molecule has 1 aliphatic heterocycles. The number of rotatable bonds is 8. The number of nitrogens with zero attached hydrogens (tertiary/aromatic N) is 1. The molecule has 0 aromatic heterocycles. The van der Waals surface area contributed by atoms with Gasteiger partial charge in [-0.1, -0.05) is 24.1 Å². The zero-order chi connectivity index (χ0) is 23.2. The molecule has 0 unspecified atom stereocenters. The number of ether oxygens (including phenoxy) is 1. The Bertz CT molecular complexity index is 1210. The van der Waals surface area contributed by atoms with Gasteiger partial charge in [0.1, 0.15) is 0 Å². The van der Waals surface area contributed by atoms with Crippen molar-refractivity contribution in [3.8, 4) is 12.3 Å². The molecule has 2 aromatic rings. The Balaban J connectivity index is 1.71. The molecule has 1 saturated heterocycles. The standard InChI is InChI=1S/C21H23N3O6S2/c1-2-11-23-31(26,27)19-9-7-17(8-10-19)21(25)22-16-18-5-3-4-6-20(18)32(28,29)24-12-14-30-15-13-24/h1,3-10,23H,11-16H2,(H,22,25). The van der Waals surface area contributed by atoms with Gasteiger partial charge in [-0.3, -0.25) is 4.79 Å². The van der Waals surface area contributed by atoms with Crippen LogP contribution in [0.2, 0.25) is 0 Å². The molecule has 0 aliphatic carbocycles. The van der Waals surface area contributed by atoms with Crippen LogP contribution in [0.5, 0.6) is 0 Å². The van der Waals surface area contributed by atoms with Gasteiger partial charge in [0.15, 0.2) is 0 Å². The lowest BCUT2D eigenvalue weighted by Crippen LogP contribution is -2.41. The molecule has 11 heteroatoms. The molecule has 170 valence electrons. The topological polar surface area (TPSA) is 122 Å². The van der Waals surface area contributed by atoms with Crippen molar-refractivity contribution in [3.05, 3.63) is 59.7 Å². The van der Waals surface area contributed by atoms with Gasteiger partial charge in [0, 0.05) is 25.2 Å². The molecular weight excluding hydrogens is 454 g/mol. The second-order valence-electron chi connectivity index (χ2n) is 6.86. The van der Waals surface area contributed by atoms with Gasteiger partial charge in [-0.15, -0.1) is 6.42 Å². The van der Waals surface area contributed by atoms with Crippen molar-refractivity contribution in [1.82, 2.24) is 14.3 Å². The van der Waals surface area contributed by atoms with E-state index in [0.717, 1.165) is 0 Å². The number of morpholine rings is 1. The molecule has 3 rings (SSSR count). The van der Waals surface area contributed by atoms with E-state index in [1.165, 1.54) is 34.6 Å². The van der Waals surface area contributed by atoms with Crippen molar-refractivity contribution in [3.63, 3.8) is 0 Å². The average Bonchev–Trinajstić information content (AvgIpc) is 2.82. The number of carbonyl (C=O) groups excluding carboxylic acids is 1. The second kappa shape index (κ2) is 10.2. The minimum absolute atomic E-state index is 0.0116. The van der Waals surface area contributed by atoms with Crippen LogP contribution in [-0.4, -0.2) is 59.9 Å². The van der Waals surface area contributed by atoms with E-state index >= 15 is 0 Å². The van der Waals surface area contributed by atoms with Crippen molar-refractivity contribution in [2.24, 2.45) is 0 Å². The fraction of sp³-hybridized carbons (Fsp3) is 0.286. The first-order valence-corrected chi connectivity index (χ1v) is 12.7. The van der Waals surface area contributed by atoms with Crippen LogP contribution in [0.15, 0.2) is 58.3 Å². The summed E-state index contributed by atoms with van der Waals surface area (Å²) < 4.78 is 59.0. The van der Waals surface area contributed by atoms with Crippen LogP contribution >= 0.6 is 0 Å². The van der Waals surface area contributed by atoms with Crippen LogP contribution in [0.4, 0.5) is 0 Å². The Morgan fingerprint density at radius 2 is 1.69 bits per heavy atom. The number of hydrogen-bond donors (Lipinski definition) is 2. The lowest BCUT2D eigenvalue weighted by Gasteiger charge is -2.27. The van der Waals surface area contributed by atoms with E-state index in [1.54, 1.807) is 18.2 Å². The fourth-order valence-corrected chi connectivity index (χ4v) is 5.68. The second-order valence-corrected chi connectivity index (χ2v) is 10.5. The highest BCUT2D eigenvalue weighted by atomic mass is 32.2. The third kappa shape index (κ3) is 5.53. The number of terminal acetylenes is 1. The van der Waals surface area contributed by atoms with Crippen LogP contribution in [-0.2, 0) is 31.3 Å². The summed E-state index contributed by atoms with van der Waals surface area (Å²) in [6, 6.07) is 11.8. The van der Waals surface area contributed by atoms with Crippen molar-refractivity contribution in [2.75, 3.05) is 32.8 Å². The van der Waals surface area contributed by atoms with E-state index in [2.05, 4.69) is 16.0 Å². The van der Waals surface area contributed by atoms with Gasteiger partial charge in [0.25, 0.3) is 5.91 Å². The molecule has 0 atom stereocenters. The first-order valence-electron chi connectivity index (χ1n) is 9.73. The molecule has 0 saturated carbocycles. The summed E-state index contributed by atoms with van der Waals surface area (Å²) in [4.78, 5) is 12.6. The van der Waals surface area contributed by atoms with Gasteiger partial charge in [-0.25, -0.2) is 16.8 Å². The zero-order valence-electron chi connectivity index (χ0n) is 17.2. The van der Waals surface area contributed by atoms with Gasteiger partial charge in [-0.2, -0.15) is 9.03 Å². The molecule has 32 heavy (non-hydrogen) atoms. The van der Waals surface area contributed by atoms with Gasteiger partial charge in [0.05, 0.1) is 29.5 Å². The van der Waals surface area contributed by atoms with Gasteiger partial charge in [0.2, 0.25) is 20.0 Å². The van der Waals surface area contributed by atoms with E-state index in [4.69, 9.17) is 11.2 Å². The highest BCUT2D eigenvalue weighted by Crippen LogP contribution is 2.21. The zero-order valence-corrected chi connectivity index (χ0v) is 18.8. The first kappa shape index (κ1) is 23.9. The summed E-state index contributed by atoms with van der Waals surface area (Å²) in [7, 11) is -7.48. The molecule has 1 amide bonds. The van der Waals surface area contributed by atoms with Crippen molar-refractivity contribution in [2.45, 2.75) is 16.3 Å². The van der Waals surface area contributed by atoms with Crippen LogP contribution < -0.4 is 10.0 Å². The third-order valence-electron chi connectivity index (χ3n) is 4.79. The van der Waals surface area contributed by atoms with E-state index in [1.807, 2.05) is 0 Å². The van der Waals surface area contributed by atoms with Gasteiger partial charge >= 0.3 is 0 Å². The molecular formula is C21H23N3O6S2. The molecule has 9 nitrogen and oxygen atoms in total. The fourth-order valence-electron chi connectivity index (χ4n) is 3.11. The molecule has 1 aliphatic rings. The van der Waals surface area contributed by atoms with Gasteiger partial charge < -0.3 is 10.1 Å². The Labute approximate surface area is 187 Å². The Hall–Kier alpha value is -2.75. The summed E-state index contributed by atoms with van der Waals surface area (Å²) in [5.41, 5.74) is 0.680. The summed E-state index contributed by atoms with van der Waals surface area (Å²) in [5, 5.41) is 2.68. The largest absolute Gasteiger partial charge is 0.379 e. The van der Waals surface area contributed by atoms with E-state index in [9.17, 15) is 21.6 Å². The maximum Gasteiger partial charge on any atom is 0.251 e. The number of benzene rings is 2. The summed E-state index contributed by atoms with van der Waals surface area (Å²) in [5.74, 6) is 1.72. The predicted molar refractivity (Wildman–Crippen MR) is 118 cm³/mol. The van der Waals surface area contributed by atoms with Crippen LogP contribution in [0.25, 0.3) is 0 Å². The number of nitrogens with one attached hydrogen (secondary N) is 2. The molecule has 0 bridgehead atoms. The quantitative estimate of drug-likeness (QED) is 0.536. The molecule has 2 N–H and O–H groups in total. The summed E-state index contributed by atoms with van der Waals surface area (Å²) in [6.07, 6.45) is 5.06. The third-order valence-corrected chi connectivity index (χ3v) is 8.21. The van der Waals surface area contributed by atoms with Crippen LogP contribution in [0.1, 0.15) is 15.9 Å². The molecule has 2 aromatic carbocycles. The lowest BCUT2D eigenvalue weighted by atomic mass is 10.2. The SMILES string of the molecule is C#CCNS(=O)(=O)c1ccc(C(=O)NCc2ccccc2S(=O)(=O)N2CCOCC2)cc1. The van der Waals surface area contributed by atoms with Crippen molar-refractivity contribution >= 4 is 26.0 Å². The summed E-state index contributed by atoms with van der Waals surface area (Å²) in [6.45, 7) is 1.06. The number of amides is 1. The number of hydrogen-bond acceptors (Lipinski definition) is 6. The highest BCUT2D eigenvalue weighted by Gasteiger charge is 2.28.